The number of amides is 3. The standard InChI is InChI=1S/C21H29N3O4/c1-14-2-4-15(5-3-14)19(25)24-12-10-18(11-13-24)23-21(28)22-17-8-6-16(7-9-17)20(26)27/h2-5,16-18H,6-13H2,1H3,(H,26,27)(H2,22,23,28). The van der Waals surface area contributed by atoms with Gasteiger partial charge in [0.15, 0.2) is 0 Å². The Balaban J connectivity index is 1.39. The highest BCUT2D eigenvalue weighted by Crippen LogP contribution is 2.24. The minimum absolute atomic E-state index is 0.0399. The van der Waals surface area contributed by atoms with Crippen molar-refractivity contribution in [1.82, 2.24) is 15.5 Å². The number of urea groups is 1. The summed E-state index contributed by atoms with van der Waals surface area (Å²) in [5, 5.41) is 15.0. The van der Waals surface area contributed by atoms with E-state index in [4.69, 9.17) is 5.11 Å². The molecule has 0 atom stereocenters. The van der Waals surface area contributed by atoms with E-state index in [2.05, 4.69) is 10.6 Å². The molecule has 0 unspecified atom stereocenters. The molecule has 1 heterocycles. The van der Waals surface area contributed by atoms with Crippen LogP contribution in [0, 0.1) is 12.8 Å². The SMILES string of the molecule is Cc1ccc(C(=O)N2CCC(NC(=O)NC3CCC(C(=O)O)CC3)CC2)cc1. The molecule has 7 heteroatoms. The predicted molar refractivity (Wildman–Crippen MR) is 105 cm³/mol. The van der Waals surface area contributed by atoms with Crippen LogP contribution in [0.5, 0.6) is 0 Å². The zero-order valence-electron chi connectivity index (χ0n) is 16.3. The number of rotatable bonds is 4. The third-order valence-corrected chi connectivity index (χ3v) is 5.83. The van der Waals surface area contributed by atoms with Crippen LogP contribution in [0.15, 0.2) is 24.3 Å². The number of benzene rings is 1. The van der Waals surface area contributed by atoms with Gasteiger partial charge in [-0.1, -0.05) is 17.7 Å². The van der Waals surface area contributed by atoms with E-state index in [1.54, 1.807) is 0 Å². The van der Waals surface area contributed by atoms with Crippen molar-refractivity contribution in [2.45, 2.75) is 57.5 Å². The Labute approximate surface area is 165 Å². The molecule has 3 N–H and O–H groups in total. The van der Waals surface area contributed by atoms with Gasteiger partial charge in [-0.2, -0.15) is 0 Å². The smallest absolute Gasteiger partial charge is 0.315 e. The molecule has 1 aromatic carbocycles. The fraction of sp³-hybridized carbons (Fsp3) is 0.571. The summed E-state index contributed by atoms with van der Waals surface area (Å²) in [5.41, 5.74) is 1.83. The van der Waals surface area contributed by atoms with Crippen LogP contribution in [0.1, 0.15) is 54.4 Å². The largest absolute Gasteiger partial charge is 0.481 e. The lowest BCUT2D eigenvalue weighted by Gasteiger charge is -2.33. The molecule has 3 rings (SSSR count). The van der Waals surface area contributed by atoms with Crippen LogP contribution in [0.4, 0.5) is 4.79 Å². The molecule has 2 fully saturated rings. The van der Waals surface area contributed by atoms with E-state index in [9.17, 15) is 14.4 Å². The Morgan fingerprint density at radius 3 is 1.96 bits per heavy atom. The second-order valence-electron chi connectivity index (χ2n) is 7.94. The highest BCUT2D eigenvalue weighted by atomic mass is 16.4. The zero-order chi connectivity index (χ0) is 20.1. The Hall–Kier alpha value is -2.57. The van der Waals surface area contributed by atoms with Crippen molar-refractivity contribution >= 4 is 17.9 Å². The van der Waals surface area contributed by atoms with E-state index in [0.29, 0.717) is 44.3 Å². The number of nitrogens with one attached hydrogen (secondary N) is 2. The number of aliphatic carboxylic acids is 1. The number of hydrogen-bond donors (Lipinski definition) is 3. The maximum atomic E-state index is 12.6. The quantitative estimate of drug-likeness (QED) is 0.739. The maximum Gasteiger partial charge on any atom is 0.315 e. The molecule has 2 aliphatic rings. The van der Waals surface area contributed by atoms with Gasteiger partial charge in [0.25, 0.3) is 5.91 Å². The molecule has 1 saturated heterocycles. The molecule has 0 radical (unpaired) electrons. The first kappa shape index (κ1) is 20.2. The summed E-state index contributed by atoms with van der Waals surface area (Å²) in [6, 6.07) is 7.49. The van der Waals surface area contributed by atoms with Crippen molar-refractivity contribution < 1.29 is 19.5 Å². The summed E-state index contributed by atoms with van der Waals surface area (Å²) in [6.45, 7) is 3.25. The second-order valence-corrected chi connectivity index (χ2v) is 7.94. The summed E-state index contributed by atoms with van der Waals surface area (Å²) in [4.78, 5) is 37.6. The molecule has 3 amide bonds. The molecule has 7 nitrogen and oxygen atoms in total. The minimum Gasteiger partial charge on any atom is -0.481 e. The molecule has 152 valence electrons. The molecule has 1 aromatic rings. The average Bonchev–Trinajstić information content (AvgIpc) is 2.69. The molecular weight excluding hydrogens is 358 g/mol. The van der Waals surface area contributed by atoms with E-state index in [1.807, 2.05) is 36.1 Å². The fourth-order valence-corrected chi connectivity index (χ4v) is 4.00. The third-order valence-electron chi connectivity index (χ3n) is 5.83. The summed E-state index contributed by atoms with van der Waals surface area (Å²) in [5.74, 6) is -0.982. The van der Waals surface area contributed by atoms with E-state index >= 15 is 0 Å². The number of nitrogens with zero attached hydrogens (tertiary/aromatic N) is 1. The van der Waals surface area contributed by atoms with Crippen molar-refractivity contribution in [1.29, 1.82) is 0 Å². The number of aryl methyl sites for hydroxylation is 1. The second kappa shape index (κ2) is 9.08. The Bertz CT molecular complexity index is 703. The molecule has 1 saturated carbocycles. The summed E-state index contributed by atoms with van der Waals surface area (Å²) < 4.78 is 0. The minimum atomic E-state index is -0.741. The van der Waals surface area contributed by atoms with E-state index < -0.39 is 5.97 Å². The lowest BCUT2D eigenvalue weighted by molar-refractivity contribution is -0.142. The first-order chi connectivity index (χ1) is 13.4. The molecule has 1 aliphatic carbocycles. The Morgan fingerprint density at radius 2 is 1.43 bits per heavy atom. The van der Waals surface area contributed by atoms with Crippen molar-refractivity contribution in [3.63, 3.8) is 0 Å². The topological polar surface area (TPSA) is 98.7 Å². The highest BCUT2D eigenvalue weighted by Gasteiger charge is 2.28. The van der Waals surface area contributed by atoms with E-state index in [1.165, 1.54) is 0 Å². The molecule has 1 aliphatic heterocycles. The fourth-order valence-electron chi connectivity index (χ4n) is 4.00. The van der Waals surface area contributed by atoms with Crippen molar-refractivity contribution in [2.24, 2.45) is 5.92 Å². The van der Waals surface area contributed by atoms with Crippen LogP contribution in [-0.4, -0.2) is 53.1 Å². The molecule has 0 spiro atoms. The normalized spacial score (nSPS) is 23.1. The number of carboxylic acids is 1. The van der Waals surface area contributed by atoms with Gasteiger partial charge in [0.1, 0.15) is 0 Å². The molecule has 0 bridgehead atoms. The van der Waals surface area contributed by atoms with Gasteiger partial charge in [-0.05, 0) is 57.6 Å². The van der Waals surface area contributed by atoms with Gasteiger partial charge in [-0.25, -0.2) is 4.79 Å². The van der Waals surface area contributed by atoms with Gasteiger partial charge in [-0.15, -0.1) is 0 Å². The average molecular weight is 387 g/mol. The number of carbonyl (C=O) groups is 3. The van der Waals surface area contributed by atoms with Crippen LogP contribution in [0.3, 0.4) is 0 Å². The van der Waals surface area contributed by atoms with Gasteiger partial charge in [0.2, 0.25) is 0 Å². The Kier molecular flexibility index (Phi) is 6.54. The van der Waals surface area contributed by atoms with Gasteiger partial charge in [0.05, 0.1) is 5.92 Å². The Morgan fingerprint density at radius 1 is 0.893 bits per heavy atom. The third kappa shape index (κ3) is 5.24. The molecule has 28 heavy (non-hydrogen) atoms. The van der Waals surface area contributed by atoms with Crippen molar-refractivity contribution in [3.05, 3.63) is 35.4 Å². The van der Waals surface area contributed by atoms with Crippen LogP contribution >= 0.6 is 0 Å². The van der Waals surface area contributed by atoms with Crippen LogP contribution < -0.4 is 10.6 Å². The molecule has 0 aromatic heterocycles. The molecular formula is C21H29N3O4. The first-order valence-electron chi connectivity index (χ1n) is 10.1. The van der Waals surface area contributed by atoms with Gasteiger partial charge < -0.3 is 20.6 Å². The maximum absolute atomic E-state index is 12.6. The lowest BCUT2D eigenvalue weighted by Crippen LogP contribution is -2.51. The lowest BCUT2D eigenvalue weighted by atomic mass is 9.86. The van der Waals surface area contributed by atoms with Gasteiger partial charge >= 0.3 is 12.0 Å². The van der Waals surface area contributed by atoms with Gasteiger partial charge in [-0.3, -0.25) is 9.59 Å². The zero-order valence-corrected chi connectivity index (χ0v) is 16.3. The predicted octanol–water partition coefficient (Wildman–Crippen LogP) is 2.54. The van der Waals surface area contributed by atoms with E-state index in [-0.39, 0.29) is 29.9 Å². The van der Waals surface area contributed by atoms with Crippen LogP contribution in [0.2, 0.25) is 0 Å². The van der Waals surface area contributed by atoms with Crippen LogP contribution in [-0.2, 0) is 4.79 Å². The summed E-state index contributed by atoms with van der Waals surface area (Å²) >= 11 is 0. The number of piperidine rings is 1. The monoisotopic (exact) mass is 387 g/mol. The van der Waals surface area contributed by atoms with Gasteiger partial charge in [0, 0.05) is 30.7 Å². The van der Waals surface area contributed by atoms with Crippen molar-refractivity contribution in [3.8, 4) is 0 Å². The van der Waals surface area contributed by atoms with E-state index in [0.717, 1.165) is 18.4 Å². The first-order valence-corrected chi connectivity index (χ1v) is 10.1. The van der Waals surface area contributed by atoms with Crippen LogP contribution in [0.25, 0.3) is 0 Å². The number of hydrogen-bond acceptors (Lipinski definition) is 3. The highest BCUT2D eigenvalue weighted by molar-refractivity contribution is 5.94. The number of likely N-dealkylation sites (tertiary alicyclic amines) is 1. The summed E-state index contributed by atoms with van der Waals surface area (Å²) in [6.07, 6.45) is 4.09. The van der Waals surface area contributed by atoms with Crippen molar-refractivity contribution in [2.75, 3.05) is 13.1 Å². The summed E-state index contributed by atoms with van der Waals surface area (Å²) in [7, 11) is 0. The number of carbonyl (C=O) groups excluding carboxylic acids is 2. The number of carboxylic acid groups (broad SMARTS) is 1.